The first kappa shape index (κ1) is 26.7. The highest BCUT2D eigenvalue weighted by Crippen LogP contribution is 2.61. The third-order valence-corrected chi connectivity index (χ3v) is 9.14. The first-order valence-electron chi connectivity index (χ1n) is 11.9. The number of hydrogen-bond acceptors (Lipinski definition) is 11. The van der Waals surface area contributed by atoms with Crippen LogP contribution in [0.4, 0.5) is 11.4 Å². The zero-order chi connectivity index (χ0) is 27.5. The molecule has 0 saturated carbocycles. The molecule has 3 heterocycles. The van der Waals surface area contributed by atoms with Crippen molar-refractivity contribution in [1.82, 2.24) is 0 Å². The molecule has 0 amide bonds. The Morgan fingerprint density at radius 2 is 1.53 bits per heavy atom. The van der Waals surface area contributed by atoms with Gasteiger partial charge in [-0.1, -0.05) is 18.2 Å². The van der Waals surface area contributed by atoms with E-state index in [9.17, 15) is 24.8 Å². The Hall–Kier alpha value is -2.93. The molecule has 0 aliphatic carbocycles. The van der Waals surface area contributed by atoms with Gasteiger partial charge in [0.25, 0.3) is 7.37 Å². The highest BCUT2D eigenvalue weighted by molar-refractivity contribution is 7.67. The second kappa shape index (κ2) is 9.37. The quantitative estimate of drug-likeness (QED) is 0.292. The van der Waals surface area contributed by atoms with Crippen LogP contribution in [-0.4, -0.2) is 58.3 Å². The van der Waals surface area contributed by atoms with Crippen molar-refractivity contribution in [2.75, 3.05) is 6.61 Å². The molecule has 3 saturated heterocycles. The molecule has 0 bridgehead atoms. The van der Waals surface area contributed by atoms with Crippen LogP contribution in [0.25, 0.3) is 0 Å². The molecule has 3 aliphatic rings. The Labute approximate surface area is 217 Å². The fraction of sp³-hybridized carbons (Fsp3) is 0.500. The Morgan fingerprint density at radius 1 is 0.868 bits per heavy atom. The standard InChI is InChI=1S/C24H27N2O11P/c1-23(2)32-13-18(34-23)19-20-21(36-24(3,4)35-20)22(38(31,37-19)15-8-6-5-7-9-15)33-14-10-11-16(25(27)28)17(12-14)26(29)30/h5-12,18-22H,13H2,1-4H3/t18-,19-,20+,21+,22-,38?/m1/s1. The third kappa shape index (κ3) is 4.81. The van der Waals surface area contributed by atoms with E-state index < -0.39 is 70.4 Å². The number of benzene rings is 2. The largest absolute Gasteiger partial charge is 0.477 e. The summed E-state index contributed by atoms with van der Waals surface area (Å²) >= 11 is 0. The minimum absolute atomic E-state index is 0.112. The smallest absolute Gasteiger partial charge is 0.349 e. The SMILES string of the molecule is CC1(C)O[C@H]2[C@@H]([C@H]3COC(C)(C)O3)OP(=O)(c3ccccc3)[C@@H](Oc3ccc([N+](=O)[O-])c([N+](=O)[O-])c3)[C@H]2O1. The average Bonchev–Trinajstić information content (AvgIpc) is 3.38. The van der Waals surface area contributed by atoms with E-state index in [0.717, 1.165) is 12.1 Å². The van der Waals surface area contributed by atoms with Crippen molar-refractivity contribution in [3.8, 4) is 5.75 Å². The normalized spacial score (nSPS) is 33.4. The van der Waals surface area contributed by atoms with Crippen molar-refractivity contribution in [2.45, 2.75) is 69.5 Å². The zero-order valence-electron chi connectivity index (χ0n) is 21.0. The topological polar surface area (TPSA) is 159 Å². The molecule has 6 atom stereocenters. The van der Waals surface area contributed by atoms with E-state index in [1.807, 2.05) is 0 Å². The Bertz CT molecular complexity index is 1300. The Kier molecular flexibility index (Phi) is 6.57. The number of fused-ring (bicyclic) bond motifs is 1. The van der Waals surface area contributed by atoms with E-state index in [1.165, 1.54) is 6.07 Å². The van der Waals surface area contributed by atoms with Crippen LogP contribution >= 0.6 is 7.37 Å². The van der Waals surface area contributed by atoms with Crippen LogP contribution in [0.5, 0.6) is 5.75 Å². The maximum Gasteiger partial charge on any atom is 0.349 e. The molecule has 0 N–H and O–H groups in total. The first-order valence-corrected chi connectivity index (χ1v) is 13.6. The van der Waals surface area contributed by atoms with Crippen LogP contribution in [0.15, 0.2) is 48.5 Å². The van der Waals surface area contributed by atoms with E-state index in [0.29, 0.717) is 5.30 Å². The van der Waals surface area contributed by atoms with Crippen LogP contribution in [0.2, 0.25) is 0 Å². The van der Waals surface area contributed by atoms with Gasteiger partial charge in [-0.2, -0.15) is 0 Å². The molecule has 38 heavy (non-hydrogen) atoms. The van der Waals surface area contributed by atoms with Gasteiger partial charge in [0.2, 0.25) is 5.85 Å². The van der Waals surface area contributed by atoms with E-state index >= 15 is 0 Å². The lowest BCUT2D eigenvalue weighted by Gasteiger charge is -2.43. The van der Waals surface area contributed by atoms with E-state index in [-0.39, 0.29) is 12.4 Å². The highest BCUT2D eigenvalue weighted by Gasteiger charge is 2.64. The van der Waals surface area contributed by atoms with Crippen molar-refractivity contribution in [3.63, 3.8) is 0 Å². The van der Waals surface area contributed by atoms with Gasteiger partial charge in [-0.15, -0.1) is 0 Å². The monoisotopic (exact) mass is 550 g/mol. The minimum atomic E-state index is -3.95. The predicted molar refractivity (Wildman–Crippen MR) is 131 cm³/mol. The summed E-state index contributed by atoms with van der Waals surface area (Å²) in [4.78, 5) is 21.1. The molecule has 3 aliphatic heterocycles. The van der Waals surface area contributed by atoms with Crippen molar-refractivity contribution in [1.29, 1.82) is 0 Å². The second-order valence-corrected chi connectivity index (χ2v) is 12.5. The lowest BCUT2D eigenvalue weighted by atomic mass is 10.0. The molecule has 0 spiro atoms. The molecule has 2 aromatic carbocycles. The summed E-state index contributed by atoms with van der Waals surface area (Å²) in [6, 6.07) is 11.5. The maximum atomic E-state index is 14.8. The van der Waals surface area contributed by atoms with Crippen LogP contribution in [0.3, 0.4) is 0 Å². The predicted octanol–water partition coefficient (Wildman–Crippen LogP) is 3.88. The van der Waals surface area contributed by atoms with Crippen molar-refractivity contribution in [2.24, 2.45) is 0 Å². The van der Waals surface area contributed by atoms with Crippen LogP contribution in [0.1, 0.15) is 27.7 Å². The zero-order valence-corrected chi connectivity index (χ0v) is 21.9. The van der Waals surface area contributed by atoms with Gasteiger partial charge in [-0.3, -0.25) is 24.8 Å². The lowest BCUT2D eigenvalue weighted by molar-refractivity contribution is -0.422. The van der Waals surface area contributed by atoms with Crippen LogP contribution < -0.4 is 10.0 Å². The minimum Gasteiger partial charge on any atom is -0.477 e. The lowest BCUT2D eigenvalue weighted by Crippen LogP contribution is -2.56. The summed E-state index contributed by atoms with van der Waals surface area (Å²) in [5.41, 5.74) is -1.47. The molecular weight excluding hydrogens is 523 g/mol. The van der Waals surface area contributed by atoms with Gasteiger partial charge in [0.15, 0.2) is 11.6 Å². The summed E-state index contributed by atoms with van der Waals surface area (Å²) < 4.78 is 51.4. The summed E-state index contributed by atoms with van der Waals surface area (Å²) in [5, 5.41) is 23.1. The molecule has 1 unspecified atom stereocenters. The van der Waals surface area contributed by atoms with E-state index in [2.05, 4.69) is 0 Å². The molecule has 14 heteroatoms. The number of nitrogens with zero attached hydrogens (tertiary/aromatic N) is 2. The number of rotatable bonds is 6. The fourth-order valence-electron chi connectivity index (χ4n) is 4.94. The Balaban J connectivity index is 1.59. The summed E-state index contributed by atoms with van der Waals surface area (Å²) in [6.07, 6.45) is -3.23. The van der Waals surface area contributed by atoms with Gasteiger partial charge in [0.1, 0.15) is 30.2 Å². The van der Waals surface area contributed by atoms with Crippen molar-refractivity contribution >= 4 is 24.0 Å². The van der Waals surface area contributed by atoms with Gasteiger partial charge in [-0.25, -0.2) is 0 Å². The Morgan fingerprint density at radius 3 is 2.13 bits per heavy atom. The number of nitro benzene ring substituents is 2. The van der Waals surface area contributed by atoms with Crippen molar-refractivity contribution in [3.05, 3.63) is 68.8 Å². The molecule has 0 aromatic heterocycles. The molecule has 2 aromatic rings. The summed E-state index contributed by atoms with van der Waals surface area (Å²) in [6.45, 7) is 7.07. The van der Waals surface area contributed by atoms with Gasteiger partial charge in [-0.05, 0) is 45.9 Å². The molecule has 13 nitrogen and oxygen atoms in total. The molecule has 0 radical (unpaired) electrons. The molecule has 204 valence electrons. The van der Waals surface area contributed by atoms with Crippen LogP contribution in [0, 0.1) is 20.2 Å². The second-order valence-electron chi connectivity index (χ2n) is 10.1. The van der Waals surface area contributed by atoms with Crippen molar-refractivity contribution < 1.29 is 42.6 Å². The molecular formula is C24H27N2O11P. The van der Waals surface area contributed by atoms with E-state index in [4.69, 9.17) is 28.2 Å². The summed E-state index contributed by atoms with van der Waals surface area (Å²) in [5.74, 6) is -3.41. The number of ether oxygens (including phenoxy) is 5. The van der Waals surface area contributed by atoms with Gasteiger partial charge >= 0.3 is 11.4 Å². The fourth-order valence-corrected chi connectivity index (χ4v) is 7.56. The molecule has 5 rings (SSSR count). The first-order chi connectivity index (χ1) is 17.8. The number of nitro groups is 2. The average molecular weight is 550 g/mol. The van der Waals surface area contributed by atoms with E-state index in [1.54, 1.807) is 58.0 Å². The number of hydrogen-bond donors (Lipinski definition) is 0. The highest BCUT2D eigenvalue weighted by atomic mass is 31.2. The van der Waals surface area contributed by atoms with Gasteiger partial charge in [0, 0.05) is 11.4 Å². The van der Waals surface area contributed by atoms with Gasteiger partial charge in [0.05, 0.1) is 22.5 Å². The maximum absolute atomic E-state index is 14.8. The molecule has 3 fully saturated rings. The summed E-state index contributed by atoms with van der Waals surface area (Å²) in [7, 11) is -3.95. The third-order valence-electron chi connectivity index (χ3n) is 6.49. The van der Waals surface area contributed by atoms with Gasteiger partial charge < -0.3 is 28.2 Å². The van der Waals surface area contributed by atoms with Crippen LogP contribution in [-0.2, 0) is 28.0 Å².